The normalized spacial score (nSPS) is 28.0. The summed E-state index contributed by atoms with van der Waals surface area (Å²) in [4.78, 5) is 2.38. The van der Waals surface area contributed by atoms with Crippen LogP contribution >= 0.6 is 11.8 Å². The van der Waals surface area contributed by atoms with Gasteiger partial charge in [-0.25, -0.2) is 0 Å². The molecular formula is C15H22N2S. The van der Waals surface area contributed by atoms with Gasteiger partial charge in [0.25, 0.3) is 0 Å². The summed E-state index contributed by atoms with van der Waals surface area (Å²) in [5.41, 5.74) is 4.42. The number of benzene rings is 1. The Morgan fingerprint density at radius 1 is 1.39 bits per heavy atom. The third kappa shape index (κ3) is 2.39. The SMILES string of the molecule is CC1CCNC(c2ccc3c(c2)CCCN3C)S1. The largest absolute Gasteiger partial charge is 0.374 e. The first-order valence-corrected chi connectivity index (χ1v) is 7.91. The number of hydrogen-bond donors (Lipinski definition) is 1. The molecule has 3 rings (SSSR count). The van der Waals surface area contributed by atoms with Gasteiger partial charge in [-0.3, -0.25) is 0 Å². The molecule has 0 spiro atoms. The number of fused-ring (bicyclic) bond motifs is 1. The summed E-state index contributed by atoms with van der Waals surface area (Å²) in [6, 6.07) is 7.04. The van der Waals surface area contributed by atoms with E-state index in [9.17, 15) is 0 Å². The number of nitrogens with zero attached hydrogens (tertiary/aromatic N) is 1. The van der Waals surface area contributed by atoms with Gasteiger partial charge in [-0.2, -0.15) is 0 Å². The van der Waals surface area contributed by atoms with Gasteiger partial charge in [0.1, 0.15) is 0 Å². The quantitative estimate of drug-likeness (QED) is 0.837. The Bertz CT molecular complexity index is 433. The average Bonchev–Trinajstić information content (AvgIpc) is 2.39. The van der Waals surface area contributed by atoms with Gasteiger partial charge in [0.2, 0.25) is 0 Å². The van der Waals surface area contributed by atoms with Crippen molar-refractivity contribution in [1.82, 2.24) is 5.32 Å². The zero-order valence-electron chi connectivity index (χ0n) is 11.3. The van der Waals surface area contributed by atoms with E-state index in [1.165, 1.54) is 42.6 Å². The first kappa shape index (κ1) is 12.4. The van der Waals surface area contributed by atoms with Crippen LogP contribution < -0.4 is 10.2 Å². The highest BCUT2D eigenvalue weighted by molar-refractivity contribution is 8.00. The van der Waals surface area contributed by atoms with Crippen LogP contribution in [0.15, 0.2) is 18.2 Å². The van der Waals surface area contributed by atoms with Gasteiger partial charge in [-0.1, -0.05) is 19.1 Å². The van der Waals surface area contributed by atoms with Gasteiger partial charge in [0.15, 0.2) is 0 Å². The molecule has 2 unspecified atom stereocenters. The maximum absolute atomic E-state index is 3.63. The number of nitrogens with one attached hydrogen (secondary N) is 1. The lowest BCUT2D eigenvalue weighted by Gasteiger charge is -2.31. The Balaban J connectivity index is 1.85. The lowest BCUT2D eigenvalue weighted by atomic mass is 9.99. The first-order chi connectivity index (χ1) is 8.74. The van der Waals surface area contributed by atoms with Crippen LogP contribution in [0.2, 0.25) is 0 Å². The van der Waals surface area contributed by atoms with E-state index in [1.54, 1.807) is 0 Å². The van der Waals surface area contributed by atoms with E-state index in [1.807, 2.05) is 0 Å². The summed E-state index contributed by atoms with van der Waals surface area (Å²) in [6.07, 6.45) is 3.81. The first-order valence-electron chi connectivity index (χ1n) is 6.97. The molecule has 0 aromatic heterocycles. The van der Waals surface area contributed by atoms with Crippen molar-refractivity contribution < 1.29 is 0 Å². The molecule has 18 heavy (non-hydrogen) atoms. The molecule has 0 saturated carbocycles. The van der Waals surface area contributed by atoms with Gasteiger partial charge in [-0.05, 0) is 43.0 Å². The predicted octanol–water partition coefficient (Wildman–Crippen LogP) is 3.18. The molecule has 0 amide bonds. The molecule has 1 saturated heterocycles. The monoisotopic (exact) mass is 262 g/mol. The second-order valence-electron chi connectivity index (χ2n) is 5.48. The summed E-state index contributed by atoms with van der Waals surface area (Å²) in [5, 5.41) is 4.90. The summed E-state index contributed by atoms with van der Waals surface area (Å²) < 4.78 is 0. The minimum absolute atomic E-state index is 0.492. The maximum Gasteiger partial charge on any atom is 0.0792 e. The van der Waals surface area contributed by atoms with Crippen molar-refractivity contribution in [1.29, 1.82) is 0 Å². The molecule has 2 nitrogen and oxygen atoms in total. The predicted molar refractivity (Wildman–Crippen MR) is 80.4 cm³/mol. The molecule has 3 heteroatoms. The van der Waals surface area contributed by atoms with Gasteiger partial charge in [0.05, 0.1) is 5.37 Å². The Labute approximate surface area is 114 Å². The fourth-order valence-corrected chi connectivity index (χ4v) is 4.17. The van der Waals surface area contributed by atoms with Crippen molar-refractivity contribution in [3.8, 4) is 0 Å². The number of thioether (sulfide) groups is 1. The highest BCUT2D eigenvalue weighted by Gasteiger charge is 2.22. The second-order valence-corrected chi connectivity index (χ2v) is 7.03. The van der Waals surface area contributed by atoms with Gasteiger partial charge >= 0.3 is 0 Å². The molecule has 2 aliphatic heterocycles. The zero-order valence-corrected chi connectivity index (χ0v) is 12.1. The van der Waals surface area contributed by atoms with Crippen LogP contribution in [-0.2, 0) is 6.42 Å². The van der Waals surface area contributed by atoms with Crippen molar-refractivity contribution >= 4 is 17.4 Å². The lowest BCUT2D eigenvalue weighted by molar-refractivity contribution is 0.604. The van der Waals surface area contributed by atoms with Crippen molar-refractivity contribution in [2.45, 2.75) is 36.8 Å². The summed E-state index contributed by atoms with van der Waals surface area (Å²) in [5.74, 6) is 0. The van der Waals surface area contributed by atoms with E-state index in [2.05, 4.69) is 54.1 Å². The molecule has 2 aliphatic rings. The molecular weight excluding hydrogens is 240 g/mol. The third-order valence-electron chi connectivity index (χ3n) is 4.01. The van der Waals surface area contributed by atoms with Crippen molar-refractivity contribution in [3.05, 3.63) is 29.3 Å². The molecule has 1 aromatic rings. The van der Waals surface area contributed by atoms with Gasteiger partial charge < -0.3 is 10.2 Å². The van der Waals surface area contributed by atoms with Crippen LogP contribution in [0.3, 0.4) is 0 Å². The zero-order chi connectivity index (χ0) is 12.5. The minimum Gasteiger partial charge on any atom is -0.374 e. The van der Waals surface area contributed by atoms with E-state index in [0.717, 1.165) is 11.8 Å². The van der Waals surface area contributed by atoms with Crippen LogP contribution in [0, 0.1) is 0 Å². The smallest absolute Gasteiger partial charge is 0.0792 e. The van der Waals surface area contributed by atoms with Crippen molar-refractivity contribution in [2.24, 2.45) is 0 Å². The van der Waals surface area contributed by atoms with Gasteiger partial charge in [0, 0.05) is 24.5 Å². The highest BCUT2D eigenvalue weighted by Crippen LogP contribution is 2.37. The number of aryl methyl sites for hydroxylation is 1. The van der Waals surface area contributed by atoms with Crippen LogP contribution in [0.5, 0.6) is 0 Å². The molecule has 0 bridgehead atoms. The molecule has 1 N–H and O–H groups in total. The van der Waals surface area contributed by atoms with Crippen LogP contribution in [-0.4, -0.2) is 25.4 Å². The lowest BCUT2D eigenvalue weighted by Crippen LogP contribution is -2.29. The van der Waals surface area contributed by atoms with E-state index >= 15 is 0 Å². The second kappa shape index (κ2) is 5.14. The summed E-state index contributed by atoms with van der Waals surface area (Å²) >= 11 is 2.07. The molecule has 1 aromatic carbocycles. The van der Waals surface area contributed by atoms with E-state index in [4.69, 9.17) is 0 Å². The average molecular weight is 262 g/mol. The van der Waals surface area contributed by atoms with Crippen LogP contribution in [0.4, 0.5) is 5.69 Å². The summed E-state index contributed by atoms with van der Waals surface area (Å²) in [7, 11) is 2.20. The van der Waals surface area contributed by atoms with Crippen molar-refractivity contribution in [2.75, 3.05) is 25.0 Å². The maximum atomic E-state index is 3.63. The fraction of sp³-hybridized carbons (Fsp3) is 0.600. The van der Waals surface area contributed by atoms with Crippen LogP contribution in [0.25, 0.3) is 0 Å². The molecule has 98 valence electrons. The van der Waals surface area contributed by atoms with Gasteiger partial charge in [-0.15, -0.1) is 11.8 Å². The number of anilines is 1. The van der Waals surface area contributed by atoms with Crippen LogP contribution in [0.1, 0.15) is 36.3 Å². The number of hydrogen-bond acceptors (Lipinski definition) is 3. The Kier molecular flexibility index (Phi) is 3.53. The Morgan fingerprint density at radius 3 is 3.11 bits per heavy atom. The molecule has 2 heterocycles. The Hall–Kier alpha value is -0.670. The topological polar surface area (TPSA) is 15.3 Å². The van der Waals surface area contributed by atoms with E-state index < -0.39 is 0 Å². The summed E-state index contributed by atoms with van der Waals surface area (Å²) in [6.45, 7) is 4.68. The molecule has 2 atom stereocenters. The molecule has 0 aliphatic carbocycles. The molecule has 1 fully saturated rings. The minimum atomic E-state index is 0.492. The Morgan fingerprint density at radius 2 is 2.28 bits per heavy atom. The van der Waals surface area contributed by atoms with E-state index in [-0.39, 0.29) is 0 Å². The third-order valence-corrected chi connectivity index (χ3v) is 5.42. The standard InChI is InChI=1S/C15H22N2S/c1-11-7-8-16-15(18-11)13-5-6-14-12(10-13)4-3-9-17(14)2/h5-6,10-11,15-16H,3-4,7-9H2,1-2H3. The number of rotatable bonds is 1. The highest BCUT2D eigenvalue weighted by atomic mass is 32.2. The fourth-order valence-electron chi connectivity index (χ4n) is 2.93. The molecule has 0 radical (unpaired) electrons. The van der Waals surface area contributed by atoms with Crippen molar-refractivity contribution in [3.63, 3.8) is 0 Å². The van der Waals surface area contributed by atoms with E-state index in [0.29, 0.717) is 5.37 Å².